The van der Waals surface area contributed by atoms with Crippen molar-refractivity contribution in [2.75, 3.05) is 26.8 Å². The number of carbonyl (C=O) groups is 2. The number of methoxy groups -OCH3 is 1. The molecule has 1 aliphatic heterocycles. The Kier molecular flexibility index (Phi) is 4.69. The molecule has 1 atom stereocenters. The van der Waals surface area contributed by atoms with E-state index in [4.69, 9.17) is 9.47 Å². The van der Waals surface area contributed by atoms with Gasteiger partial charge in [0.25, 0.3) is 0 Å². The number of ether oxygens (including phenoxy) is 2. The van der Waals surface area contributed by atoms with E-state index in [9.17, 15) is 9.59 Å². The van der Waals surface area contributed by atoms with Gasteiger partial charge in [-0.25, -0.2) is 0 Å². The summed E-state index contributed by atoms with van der Waals surface area (Å²) in [6.07, 6.45) is 2.43. The van der Waals surface area contributed by atoms with Crippen molar-refractivity contribution in [3.05, 3.63) is 24.3 Å². The second-order valence-electron chi connectivity index (χ2n) is 6.05. The van der Waals surface area contributed by atoms with Gasteiger partial charge in [-0.3, -0.25) is 9.59 Å². The molecule has 23 heavy (non-hydrogen) atoms. The van der Waals surface area contributed by atoms with E-state index >= 15 is 0 Å². The van der Waals surface area contributed by atoms with Gasteiger partial charge < -0.3 is 19.7 Å². The van der Waals surface area contributed by atoms with Gasteiger partial charge >= 0.3 is 0 Å². The van der Waals surface area contributed by atoms with Crippen LogP contribution in [-0.4, -0.2) is 49.6 Å². The summed E-state index contributed by atoms with van der Waals surface area (Å²) in [7, 11) is 1.62. The summed E-state index contributed by atoms with van der Waals surface area (Å²) >= 11 is 0. The van der Waals surface area contributed by atoms with Gasteiger partial charge in [0.05, 0.1) is 19.6 Å². The Morgan fingerprint density at radius 2 is 1.96 bits per heavy atom. The summed E-state index contributed by atoms with van der Waals surface area (Å²) in [5.41, 5.74) is 0. The van der Waals surface area contributed by atoms with E-state index < -0.39 is 0 Å². The first kappa shape index (κ1) is 15.6. The number of rotatable bonds is 7. The molecule has 2 fully saturated rings. The maximum Gasteiger partial charge on any atom is 0.225 e. The molecule has 0 aromatic heterocycles. The number of carbonyl (C=O) groups excluding carboxylic acids is 2. The average molecular weight is 318 g/mol. The van der Waals surface area contributed by atoms with Crippen LogP contribution in [0.3, 0.4) is 0 Å². The Labute approximate surface area is 135 Å². The van der Waals surface area contributed by atoms with E-state index in [1.165, 1.54) is 0 Å². The van der Waals surface area contributed by atoms with Crippen LogP contribution in [0.2, 0.25) is 0 Å². The van der Waals surface area contributed by atoms with Crippen molar-refractivity contribution in [1.82, 2.24) is 10.2 Å². The number of nitrogens with zero attached hydrogens (tertiary/aromatic N) is 1. The van der Waals surface area contributed by atoms with Crippen LogP contribution in [0.5, 0.6) is 11.5 Å². The fourth-order valence-corrected chi connectivity index (χ4v) is 2.66. The fraction of sp³-hybridized carbons (Fsp3) is 0.529. The van der Waals surface area contributed by atoms with Crippen molar-refractivity contribution in [3.63, 3.8) is 0 Å². The molecule has 0 bridgehead atoms. The first-order chi connectivity index (χ1) is 11.2. The van der Waals surface area contributed by atoms with Crippen molar-refractivity contribution in [2.45, 2.75) is 25.3 Å². The second-order valence-corrected chi connectivity index (χ2v) is 6.05. The molecule has 6 nitrogen and oxygen atoms in total. The molecular weight excluding hydrogens is 296 g/mol. The van der Waals surface area contributed by atoms with E-state index in [0.717, 1.165) is 24.3 Å². The molecule has 6 heteroatoms. The SMILES string of the molecule is COc1ccc(OCCN2CC(C(=O)NC3CC3)CC2=O)cc1. The standard InChI is InChI=1S/C17H22N2O4/c1-22-14-4-6-15(7-5-14)23-9-8-19-11-12(10-16(19)20)17(21)18-13-2-3-13/h4-7,12-13H,2-3,8-11H2,1H3,(H,18,21). The molecule has 2 aliphatic rings. The fourth-order valence-electron chi connectivity index (χ4n) is 2.66. The number of nitrogens with one attached hydrogen (secondary N) is 1. The van der Waals surface area contributed by atoms with Gasteiger partial charge in [0.1, 0.15) is 18.1 Å². The lowest BCUT2D eigenvalue weighted by Gasteiger charge is -2.17. The summed E-state index contributed by atoms with van der Waals surface area (Å²) in [5, 5.41) is 2.97. The van der Waals surface area contributed by atoms with E-state index in [0.29, 0.717) is 32.2 Å². The van der Waals surface area contributed by atoms with Gasteiger partial charge in [0, 0.05) is 19.0 Å². The van der Waals surface area contributed by atoms with Crippen LogP contribution in [0, 0.1) is 5.92 Å². The molecule has 1 aromatic rings. The Hall–Kier alpha value is -2.24. The first-order valence-corrected chi connectivity index (χ1v) is 8.00. The lowest BCUT2D eigenvalue weighted by Crippen LogP contribution is -2.35. The predicted octanol–water partition coefficient (Wildman–Crippen LogP) is 1.20. The predicted molar refractivity (Wildman–Crippen MR) is 84.3 cm³/mol. The summed E-state index contributed by atoms with van der Waals surface area (Å²) in [5.74, 6) is 1.33. The molecule has 1 aromatic carbocycles. The minimum Gasteiger partial charge on any atom is -0.497 e. The highest BCUT2D eigenvalue weighted by molar-refractivity contribution is 5.89. The van der Waals surface area contributed by atoms with E-state index in [2.05, 4.69) is 5.32 Å². The third-order valence-corrected chi connectivity index (χ3v) is 4.20. The lowest BCUT2D eigenvalue weighted by atomic mass is 10.1. The van der Waals surface area contributed by atoms with Crippen LogP contribution in [0.25, 0.3) is 0 Å². The maximum atomic E-state index is 12.0. The molecule has 124 valence electrons. The number of benzene rings is 1. The average Bonchev–Trinajstić information content (AvgIpc) is 3.29. The monoisotopic (exact) mass is 318 g/mol. The zero-order valence-electron chi connectivity index (χ0n) is 13.3. The molecule has 0 spiro atoms. The van der Waals surface area contributed by atoms with Crippen LogP contribution in [-0.2, 0) is 9.59 Å². The summed E-state index contributed by atoms with van der Waals surface area (Å²) < 4.78 is 10.7. The molecule has 1 heterocycles. The van der Waals surface area contributed by atoms with Crippen molar-refractivity contribution in [1.29, 1.82) is 0 Å². The molecule has 1 unspecified atom stereocenters. The maximum absolute atomic E-state index is 12.0. The van der Waals surface area contributed by atoms with Gasteiger partial charge in [0.2, 0.25) is 11.8 Å². The topological polar surface area (TPSA) is 67.9 Å². The third kappa shape index (κ3) is 4.15. The normalized spacial score (nSPS) is 20.5. The van der Waals surface area contributed by atoms with Crippen LogP contribution in [0.1, 0.15) is 19.3 Å². The first-order valence-electron chi connectivity index (χ1n) is 8.00. The molecule has 2 amide bonds. The number of likely N-dealkylation sites (tertiary alicyclic amines) is 1. The molecular formula is C17H22N2O4. The van der Waals surface area contributed by atoms with E-state index in [1.54, 1.807) is 12.0 Å². The Morgan fingerprint density at radius 3 is 2.61 bits per heavy atom. The van der Waals surface area contributed by atoms with Gasteiger partial charge in [-0.2, -0.15) is 0 Å². The largest absolute Gasteiger partial charge is 0.497 e. The van der Waals surface area contributed by atoms with Gasteiger partial charge in [0.15, 0.2) is 0 Å². The van der Waals surface area contributed by atoms with Crippen LogP contribution < -0.4 is 14.8 Å². The third-order valence-electron chi connectivity index (χ3n) is 4.20. The molecule has 3 rings (SSSR count). The number of amides is 2. The van der Waals surface area contributed by atoms with Crippen molar-refractivity contribution >= 4 is 11.8 Å². The Morgan fingerprint density at radius 1 is 1.26 bits per heavy atom. The number of hydrogen-bond donors (Lipinski definition) is 1. The molecule has 1 saturated heterocycles. The smallest absolute Gasteiger partial charge is 0.225 e. The molecule has 1 saturated carbocycles. The van der Waals surface area contributed by atoms with E-state index in [-0.39, 0.29) is 17.7 Å². The molecule has 0 radical (unpaired) electrons. The van der Waals surface area contributed by atoms with Crippen molar-refractivity contribution in [3.8, 4) is 11.5 Å². The highest BCUT2D eigenvalue weighted by atomic mass is 16.5. The quantitative estimate of drug-likeness (QED) is 0.820. The summed E-state index contributed by atoms with van der Waals surface area (Å²) in [4.78, 5) is 25.7. The van der Waals surface area contributed by atoms with E-state index in [1.807, 2.05) is 24.3 Å². The minimum absolute atomic E-state index is 0.0134. The highest BCUT2D eigenvalue weighted by Gasteiger charge is 2.36. The van der Waals surface area contributed by atoms with Gasteiger partial charge in [-0.15, -0.1) is 0 Å². The Balaban J connectivity index is 1.42. The summed E-state index contributed by atoms with van der Waals surface area (Å²) in [6, 6.07) is 7.65. The van der Waals surface area contributed by atoms with Crippen molar-refractivity contribution < 1.29 is 19.1 Å². The van der Waals surface area contributed by atoms with Crippen LogP contribution in [0.15, 0.2) is 24.3 Å². The van der Waals surface area contributed by atoms with Crippen molar-refractivity contribution in [2.24, 2.45) is 5.92 Å². The van der Waals surface area contributed by atoms with Crippen LogP contribution in [0.4, 0.5) is 0 Å². The summed E-state index contributed by atoms with van der Waals surface area (Å²) in [6.45, 7) is 1.40. The molecule has 1 aliphatic carbocycles. The lowest BCUT2D eigenvalue weighted by molar-refractivity contribution is -0.129. The molecule has 1 N–H and O–H groups in total. The zero-order valence-corrected chi connectivity index (χ0v) is 13.3. The highest BCUT2D eigenvalue weighted by Crippen LogP contribution is 2.23. The van der Waals surface area contributed by atoms with Gasteiger partial charge in [-0.1, -0.05) is 0 Å². The zero-order chi connectivity index (χ0) is 16.2. The van der Waals surface area contributed by atoms with Gasteiger partial charge in [-0.05, 0) is 37.1 Å². The Bertz CT molecular complexity index is 568. The number of hydrogen-bond acceptors (Lipinski definition) is 4. The minimum atomic E-state index is -0.218. The van der Waals surface area contributed by atoms with Crippen LogP contribution >= 0.6 is 0 Å². The second kappa shape index (κ2) is 6.89.